The first-order valence-corrected chi connectivity index (χ1v) is 8.88. The van der Waals surface area contributed by atoms with Gasteiger partial charge in [0, 0.05) is 24.9 Å². The molecule has 0 aromatic carbocycles. The van der Waals surface area contributed by atoms with Crippen molar-refractivity contribution in [2.45, 2.75) is 45.2 Å². The third-order valence-corrected chi connectivity index (χ3v) is 5.52. The Morgan fingerprint density at radius 1 is 1.38 bits per heavy atom. The number of piperidine rings is 1. The van der Waals surface area contributed by atoms with Gasteiger partial charge in [0.25, 0.3) is 5.71 Å². The van der Waals surface area contributed by atoms with E-state index in [0.29, 0.717) is 31.1 Å². The first-order chi connectivity index (χ1) is 12.3. The van der Waals surface area contributed by atoms with E-state index < -0.39 is 11.7 Å². The quantitative estimate of drug-likeness (QED) is 0.807. The molecule has 0 unspecified atom stereocenters. The number of fused-ring (bicyclic) bond motifs is 1. The molecule has 3 atom stereocenters. The molecule has 4 rings (SSSR count). The molecular formula is C18H20F3N3O2. The predicted octanol–water partition coefficient (Wildman–Crippen LogP) is 3.91. The summed E-state index contributed by atoms with van der Waals surface area (Å²) in [5, 5.41) is 3.55. The third kappa shape index (κ3) is 2.95. The number of hydrogen-bond acceptors (Lipinski definition) is 4. The van der Waals surface area contributed by atoms with E-state index in [2.05, 4.69) is 10.1 Å². The fraction of sp³-hybridized carbons (Fsp3) is 0.611. The van der Waals surface area contributed by atoms with Gasteiger partial charge in [-0.3, -0.25) is 4.79 Å². The van der Waals surface area contributed by atoms with E-state index >= 15 is 0 Å². The third-order valence-electron chi connectivity index (χ3n) is 5.52. The lowest BCUT2D eigenvalue weighted by Gasteiger charge is -2.33. The van der Waals surface area contributed by atoms with Gasteiger partial charge >= 0.3 is 6.18 Å². The van der Waals surface area contributed by atoms with E-state index in [4.69, 9.17) is 4.52 Å². The minimum atomic E-state index is -4.51. The standard InChI is InChI=1S/C18H20F3N3O2/c1-9-6-12(9)17(25)24-5-3-4-11(8-24)14-7-13(18(19,20)21)15-10(2)23-26-16(15)22-14/h7,9,11-12H,3-6,8H2,1-2H3/t9-,11-,12+/m0/s1. The average Bonchev–Trinajstić information content (AvgIpc) is 3.22. The highest BCUT2D eigenvalue weighted by atomic mass is 19.4. The molecule has 2 aromatic heterocycles. The molecule has 140 valence electrons. The van der Waals surface area contributed by atoms with Gasteiger partial charge in [0.15, 0.2) is 0 Å². The summed E-state index contributed by atoms with van der Waals surface area (Å²) in [6.07, 6.45) is -2.15. The zero-order valence-corrected chi connectivity index (χ0v) is 14.6. The van der Waals surface area contributed by atoms with Crippen molar-refractivity contribution in [3.05, 3.63) is 23.0 Å². The molecule has 26 heavy (non-hydrogen) atoms. The van der Waals surface area contributed by atoms with Crippen LogP contribution in [-0.2, 0) is 11.0 Å². The van der Waals surface area contributed by atoms with Crippen LogP contribution in [0.4, 0.5) is 13.2 Å². The molecule has 0 radical (unpaired) electrons. The minimum absolute atomic E-state index is 0.0758. The molecule has 2 aromatic rings. The molecule has 1 aliphatic carbocycles. The summed E-state index contributed by atoms with van der Waals surface area (Å²) in [5.74, 6) is 0.380. The van der Waals surface area contributed by atoms with Gasteiger partial charge in [0.2, 0.25) is 5.91 Å². The zero-order chi connectivity index (χ0) is 18.6. The highest BCUT2D eigenvalue weighted by Crippen LogP contribution is 2.41. The molecule has 0 spiro atoms. The molecule has 2 fully saturated rings. The minimum Gasteiger partial charge on any atom is -0.342 e. The molecule has 2 aliphatic rings. The number of likely N-dealkylation sites (tertiary alicyclic amines) is 1. The molecule has 1 saturated carbocycles. The van der Waals surface area contributed by atoms with E-state index in [0.717, 1.165) is 18.9 Å². The second kappa shape index (κ2) is 5.96. The Bertz CT molecular complexity index is 861. The molecule has 1 amide bonds. The molecular weight excluding hydrogens is 347 g/mol. The molecule has 1 saturated heterocycles. The summed E-state index contributed by atoms with van der Waals surface area (Å²) in [6.45, 7) is 4.58. The maximum atomic E-state index is 13.5. The summed E-state index contributed by atoms with van der Waals surface area (Å²) in [7, 11) is 0. The Kier molecular flexibility index (Phi) is 3.96. The number of rotatable bonds is 2. The SMILES string of the molecule is Cc1noc2nc([C@H]3CCCN(C(=O)[C@@H]4C[C@@H]4C)C3)cc(C(F)(F)F)c12. The summed E-state index contributed by atoms with van der Waals surface area (Å²) in [4.78, 5) is 18.6. The topological polar surface area (TPSA) is 59.2 Å². The van der Waals surface area contributed by atoms with Crippen LogP contribution in [0.3, 0.4) is 0 Å². The Hall–Kier alpha value is -2.12. The van der Waals surface area contributed by atoms with Crippen molar-refractivity contribution in [2.24, 2.45) is 11.8 Å². The van der Waals surface area contributed by atoms with Crippen LogP contribution in [0, 0.1) is 18.8 Å². The number of carbonyl (C=O) groups excluding carboxylic acids is 1. The number of nitrogens with zero attached hydrogens (tertiary/aromatic N) is 3. The van der Waals surface area contributed by atoms with Crippen molar-refractivity contribution >= 4 is 17.0 Å². The number of halogens is 3. The second-order valence-corrected chi connectivity index (χ2v) is 7.48. The Labute approximate surface area is 148 Å². The average molecular weight is 367 g/mol. The Balaban J connectivity index is 1.66. The largest absolute Gasteiger partial charge is 0.417 e. The first kappa shape index (κ1) is 17.3. The summed E-state index contributed by atoms with van der Waals surface area (Å²) >= 11 is 0. The second-order valence-electron chi connectivity index (χ2n) is 7.48. The van der Waals surface area contributed by atoms with Crippen LogP contribution in [-0.4, -0.2) is 34.0 Å². The number of alkyl halides is 3. The number of hydrogen-bond donors (Lipinski definition) is 0. The molecule has 3 heterocycles. The zero-order valence-electron chi connectivity index (χ0n) is 14.6. The Morgan fingerprint density at radius 2 is 2.12 bits per heavy atom. The van der Waals surface area contributed by atoms with Crippen molar-refractivity contribution < 1.29 is 22.5 Å². The van der Waals surface area contributed by atoms with Crippen molar-refractivity contribution in [1.82, 2.24) is 15.0 Å². The predicted molar refractivity (Wildman–Crippen MR) is 87.4 cm³/mol. The highest BCUT2D eigenvalue weighted by molar-refractivity contribution is 5.82. The maximum Gasteiger partial charge on any atom is 0.417 e. The number of carbonyl (C=O) groups is 1. The van der Waals surface area contributed by atoms with Gasteiger partial charge in [-0.25, -0.2) is 4.98 Å². The highest BCUT2D eigenvalue weighted by Gasteiger charge is 2.43. The fourth-order valence-electron chi connectivity index (χ4n) is 3.87. The molecule has 5 nitrogen and oxygen atoms in total. The molecule has 1 aliphatic heterocycles. The van der Waals surface area contributed by atoms with Gasteiger partial charge in [-0.15, -0.1) is 0 Å². The lowest BCUT2D eigenvalue weighted by molar-refractivity contribution is -0.137. The van der Waals surface area contributed by atoms with Gasteiger partial charge in [-0.05, 0) is 38.2 Å². The van der Waals surface area contributed by atoms with Crippen LogP contribution >= 0.6 is 0 Å². The van der Waals surface area contributed by atoms with Gasteiger partial charge in [0.1, 0.15) is 0 Å². The van der Waals surface area contributed by atoms with E-state index in [1.165, 1.54) is 6.92 Å². The fourth-order valence-corrected chi connectivity index (χ4v) is 3.87. The van der Waals surface area contributed by atoms with Gasteiger partial charge in [-0.2, -0.15) is 13.2 Å². The van der Waals surface area contributed by atoms with Crippen molar-refractivity contribution in [3.63, 3.8) is 0 Å². The van der Waals surface area contributed by atoms with Gasteiger partial charge in [-0.1, -0.05) is 12.1 Å². The van der Waals surface area contributed by atoms with Crippen molar-refractivity contribution in [1.29, 1.82) is 0 Å². The van der Waals surface area contributed by atoms with Crippen LogP contribution in [0.25, 0.3) is 11.1 Å². The van der Waals surface area contributed by atoms with E-state index in [1.54, 1.807) is 4.90 Å². The van der Waals surface area contributed by atoms with Crippen molar-refractivity contribution in [3.8, 4) is 0 Å². The van der Waals surface area contributed by atoms with E-state index in [9.17, 15) is 18.0 Å². The molecule has 8 heteroatoms. The normalized spacial score (nSPS) is 26.3. The lowest BCUT2D eigenvalue weighted by Crippen LogP contribution is -2.40. The number of aromatic nitrogens is 2. The lowest BCUT2D eigenvalue weighted by atomic mass is 9.92. The van der Waals surface area contributed by atoms with Gasteiger partial charge in [0.05, 0.1) is 22.3 Å². The summed E-state index contributed by atoms with van der Waals surface area (Å²) in [6, 6.07) is 1.10. The van der Waals surface area contributed by atoms with E-state index in [1.807, 2.05) is 6.92 Å². The molecule has 0 bridgehead atoms. The first-order valence-electron chi connectivity index (χ1n) is 8.88. The van der Waals surface area contributed by atoms with Crippen molar-refractivity contribution in [2.75, 3.05) is 13.1 Å². The smallest absolute Gasteiger partial charge is 0.342 e. The van der Waals surface area contributed by atoms with Crippen LogP contribution < -0.4 is 0 Å². The number of amides is 1. The van der Waals surface area contributed by atoms with Crippen LogP contribution in [0.2, 0.25) is 0 Å². The maximum absolute atomic E-state index is 13.5. The van der Waals surface area contributed by atoms with Crippen LogP contribution in [0.1, 0.15) is 49.1 Å². The summed E-state index contributed by atoms with van der Waals surface area (Å²) in [5.41, 5.74) is -0.362. The monoisotopic (exact) mass is 367 g/mol. The Morgan fingerprint density at radius 3 is 2.77 bits per heavy atom. The summed E-state index contributed by atoms with van der Waals surface area (Å²) < 4.78 is 45.6. The van der Waals surface area contributed by atoms with Crippen LogP contribution in [0.15, 0.2) is 10.6 Å². The molecule has 0 N–H and O–H groups in total. The van der Waals surface area contributed by atoms with Gasteiger partial charge < -0.3 is 9.42 Å². The number of pyridine rings is 1. The van der Waals surface area contributed by atoms with E-state index in [-0.39, 0.29) is 34.5 Å². The van der Waals surface area contributed by atoms with Crippen LogP contribution in [0.5, 0.6) is 0 Å². The number of aryl methyl sites for hydroxylation is 1.